The smallest absolute Gasteiger partial charge is 0.664 e. The molecule has 0 amide bonds. The van der Waals surface area contributed by atoms with Crippen molar-refractivity contribution >= 4 is 0 Å². The molecule has 3 aromatic carbocycles. The maximum atomic E-state index is 5.45. The number of aromatic nitrogens is 2. The summed E-state index contributed by atoms with van der Waals surface area (Å²) in [6.45, 7) is 12.1. The average Bonchev–Trinajstić information content (AvgIpc) is 3.78. The van der Waals surface area contributed by atoms with Crippen LogP contribution >= 0.6 is 0 Å². The summed E-state index contributed by atoms with van der Waals surface area (Å²) < 4.78 is 10.7. The van der Waals surface area contributed by atoms with E-state index in [2.05, 4.69) is 38.8 Å². The van der Waals surface area contributed by atoms with E-state index in [9.17, 15) is 0 Å². The third-order valence-electron chi connectivity index (χ3n) is 5.99. The van der Waals surface area contributed by atoms with Crippen LogP contribution in [0.4, 0.5) is 0 Å². The normalized spacial score (nSPS) is 9.53. The summed E-state index contributed by atoms with van der Waals surface area (Å²) in [7, 11) is 3.37. The van der Waals surface area contributed by atoms with Gasteiger partial charge in [-0.15, -0.1) is 11.4 Å². The Morgan fingerprint density at radius 2 is 0.837 bits per heavy atom. The molecule has 224 valence electrons. The summed E-state index contributed by atoms with van der Waals surface area (Å²) in [6, 6.07) is 32.0. The van der Waals surface area contributed by atoms with Gasteiger partial charge in [-0.25, -0.2) is 0 Å². The molecule has 0 N–H and O–H groups in total. The van der Waals surface area contributed by atoms with Gasteiger partial charge in [-0.2, -0.15) is 38.6 Å². The molecule has 5 aromatic rings. The number of nitrogens with zero attached hydrogens (tertiary/aromatic N) is 4. The summed E-state index contributed by atoms with van der Waals surface area (Å²) in [4.78, 5) is 8.60. The molecular weight excluding hydrogens is 612 g/mol. The Bertz CT molecular complexity index is 1350. The number of ether oxygens (including phenoxy) is 2. The van der Waals surface area contributed by atoms with Gasteiger partial charge in [0.2, 0.25) is 0 Å². The maximum absolute atomic E-state index is 5.45. The molecule has 0 aliphatic carbocycles. The summed E-state index contributed by atoms with van der Waals surface area (Å²) in [5.41, 5.74) is 6.33. The van der Waals surface area contributed by atoms with Crippen molar-refractivity contribution in [2.24, 2.45) is 0 Å². The van der Waals surface area contributed by atoms with Crippen LogP contribution < -0.4 is 19.4 Å². The first kappa shape index (κ1) is 37.6. The Morgan fingerprint density at radius 3 is 1.23 bits per heavy atom. The molecule has 7 heteroatoms. The number of methoxy groups -OCH3 is 2. The van der Waals surface area contributed by atoms with E-state index in [-0.39, 0.29) is 26.2 Å². The van der Waals surface area contributed by atoms with E-state index < -0.39 is 0 Å². The average molecular weight is 656 g/mol. The predicted molar refractivity (Wildman–Crippen MR) is 178 cm³/mol. The molecule has 6 nitrogen and oxygen atoms in total. The monoisotopic (exact) mass is 654 g/mol. The summed E-state index contributed by atoms with van der Waals surface area (Å²) in [5.74, 6) is 1.74. The van der Waals surface area contributed by atoms with Crippen molar-refractivity contribution < 1.29 is 35.7 Å². The third-order valence-corrected chi connectivity index (χ3v) is 5.99. The van der Waals surface area contributed by atoms with Crippen LogP contribution in [0.5, 0.6) is 11.5 Å². The molecule has 0 spiro atoms. The Morgan fingerprint density at radius 1 is 0.465 bits per heavy atom. The molecule has 43 heavy (non-hydrogen) atoms. The fraction of sp³-hybridized carbons (Fsp3) is 0.278. The van der Waals surface area contributed by atoms with Crippen LogP contribution in [0.3, 0.4) is 0 Å². The van der Waals surface area contributed by atoms with Gasteiger partial charge in [0.1, 0.15) is 11.5 Å². The molecule has 0 aliphatic heterocycles. The van der Waals surface area contributed by atoms with Crippen molar-refractivity contribution in [3.8, 4) is 45.1 Å². The predicted octanol–water partition coefficient (Wildman–Crippen LogP) is 9.10. The van der Waals surface area contributed by atoms with Crippen molar-refractivity contribution in [2.45, 2.75) is 27.7 Å². The van der Waals surface area contributed by atoms with Crippen molar-refractivity contribution in [3.05, 3.63) is 120 Å². The van der Waals surface area contributed by atoms with Crippen LogP contribution in [0.1, 0.15) is 27.7 Å². The van der Waals surface area contributed by atoms with Gasteiger partial charge in [0.05, 0.1) is 14.2 Å². The minimum absolute atomic E-state index is 0. The zero-order chi connectivity index (χ0) is 30.4. The Hall–Kier alpha value is -3.38. The zero-order valence-electron chi connectivity index (χ0n) is 26.3. The van der Waals surface area contributed by atoms with Crippen LogP contribution in [0.2, 0.25) is 0 Å². The topological polar surface area (TPSA) is 74.9 Å². The molecular formula is C36H44N4O2Zr. The Kier molecular flexibility index (Phi) is 20.2. The first-order valence-corrected chi connectivity index (χ1v) is 14.4. The van der Waals surface area contributed by atoms with E-state index in [1.807, 2.05) is 113 Å². The zero-order valence-corrected chi connectivity index (χ0v) is 28.8. The fourth-order valence-corrected chi connectivity index (χ4v) is 4.03. The molecule has 0 radical (unpaired) electrons. The minimum Gasteiger partial charge on any atom is -0.664 e. The van der Waals surface area contributed by atoms with Gasteiger partial charge in [-0.1, -0.05) is 113 Å². The van der Waals surface area contributed by atoms with Crippen LogP contribution in [-0.4, -0.2) is 40.4 Å². The summed E-state index contributed by atoms with van der Waals surface area (Å²) in [5, 5.41) is 7.94. The summed E-state index contributed by atoms with van der Waals surface area (Å²) in [6.07, 6.45) is 3.59. The van der Waals surface area contributed by atoms with Crippen molar-refractivity contribution in [2.75, 3.05) is 40.4 Å². The van der Waals surface area contributed by atoms with Gasteiger partial charge in [-0.3, -0.25) is 0 Å². The van der Waals surface area contributed by atoms with E-state index >= 15 is 0 Å². The second-order valence-corrected chi connectivity index (χ2v) is 8.70. The maximum Gasteiger partial charge on any atom is 4.00 e. The second kappa shape index (κ2) is 23.1. The Balaban J connectivity index is 0.000000334. The number of hydrogen-bond acceptors (Lipinski definition) is 2. The summed E-state index contributed by atoms with van der Waals surface area (Å²) >= 11 is 0. The largest absolute Gasteiger partial charge is 4.00 e. The van der Waals surface area contributed by atoms with Crippen molar-refractivity contribution in [1.82, 2.24) is 9.97 Å². The third kappa shape index (κ3) is 12.8. The SMILES string of the molecule is CC[N-]CC.CC[N-]CC.COc1ccccc1-c1ccc[n-]1.COc1ccccc1-c1ccccc1-c1ccc[n-]1.[Zr+4]. The number of benzene rings is 3. The fourth-order valence-electron chi connectivity index (χ4n) is 4.03. The van der Waals surface area contributed by atoms with Gasteiger partial charge in [0, 0.05) is 11.1 Å². The number of para-hydroxylation sites is 2. The van der Waals surface area contributed by atoms with Gasteiger partial charge in [0.25, 0.3) is 0 Å². The van der Waals surface area contributed by atoms with E-state index in [1.165, 1.54) is 0 Å². The van der Waals surface area contributed by atoms with E-state index in [1.54, 1.807) is 20.4 Å². The van der Waals surface area contributed by atoms with E-state index in [0.29, 0.717) is 0 Å². The van der Waals surface area contributed by atoms with E-state index in [0.717, 1.165) is 71.3 Å². The molecule has 0 aliphatic rings. The van der Waals surface area contributed by atoms with Crippen LogP contribution in [0, 0.1) is 0 Å². The number of hydrogen-bond donors (Lipinski definition) is 0. The molecule has 0 saturated heterocycles. The van der Waals surface area contributed by atoms with Gasteiger partial charge < -0.3 is 30.1 Å². The number of rotatable bonds is 9. The Labute approximate surface area is 277 Å². The molecule has 5 rings (SSSR count). The van der Waals surface area contributed by atoms with Crippen LogP contribution in [-0.2, 0) is 26.2 Å². The molecule has 0 saturated carbocycles. The van der Waals surface area contributed by atoms with Gasteiger partial charge >= 0.3 is 26.2 Å². The van der Waals surface area contributed by atoms with Crippen LogP contribution in [0.25, 0.3) is 44.3 Å². The molecule has 2 aromatic heterocycles. The standard InChI is InChI=1S/C17H14NO.C11H10NO.2C4H10N.Zr/c1-19-17-11-5-4-9-15(17)13-7-2-3-8-14(13)16-10-6-12-18-16;1-13-11-7-3-2-5-9(11)10-6-4-8-12-10;2*1-3-5-4-2;/h2-12H,1H3;2-8H,1H3;2*3-4H2,1-2H3;/q4*-1;+4. The molecule has 0 unspecified atom stereocenters. The van der Waals surface area contributed by atoms with Crippen molar-refractivity contribution in [3.63, 3.8) is 0 Å². The molecule has 0 fully saturated rings. The quantitative estimate of drug-likeness (QED) is 0.159. The van der Waals surface area contributed by atoms with Crippen LogP contribution in [0.15, 0.2) is 109 Å². The molecule has 2 heterocycles. The first-order valence-electron chi connectivity index (χ1n) is 14.4. The van der Waals surface area contributed by atoms with Gasteiger partial charge in [-0.05, 0) is 23.3 Å². The van der Waals surface area contributed by atoms with E-state index in [4.69, 9.17) is 9.47 Å². The second-order valence-electron chi connectivity index (χ2n) is 8.70. The molecule has 0 bridgehead atoms. The minimum atomic E-state index is 0. The van der Waals surface area contributed by atoms with Crippen molar-refractivity contribution in [1.29, 1.82) is 0 Å². The first-order chi connectivity index (χ1) is 20.6. The molecule has 0 atom stereocenters. The van der Waals surface area contributed by atoms with Gasteiger partial charge in [0.15, 0.2) is 0 Å².